The number of likely N-dealkylation sites (tertiary alicyclic amines) is 1. The Kier molecular flexibility index (Phi) is 10.7. The number of anilines is 1. The molecule has 1 aliphatic heterocycles. The number of alkyl halides is 6. The molecule has 226 valence electrons. The van der Waals surface area contributed by atoms with E-state index in [1.54, 1.807) is 18.2 Å². The molecule has 14 heteroatoms. The van der Waals surface area contributed by atoms with Crippen molar-refractivity contribution in [2.45, 2.75) is 44.7 Å². The molecule has 0 saturated carbocycles. The van der Waals surface area contributed by atoms with E-state index in [-0.39, 0.29) is 17.9 Å². The van der Waals surface area contributed by atoms with Gasteiger partial charge in [-0.2, -0.15) is 26.3 Å². The van der Waals surface area contributed by atoms with Crippen molar-refractivity contribution in [2.24, 2.45) is 0 Å². The van der Waals surface area contributed by atoms with Gasteiger partial charge in [0.1, 0.15) is 0 Å². The second kappa shape index (κ2) is 13.8. The third-order valence-corrected chi connectivity index (χ3v) is 7.28. The predicted molar refractivity (Wildman–Crippen MR) is 145 cm³/mol. The molecule has 3 N–H and O–H groups in total. The maximum Gasteiger partial charge on any atom is 0.490 e. The minimum atomic E-state index is -5.08. The number of carboxylic acids is 1. The standard InChI is InChI=1S/C26H26F3N3O2S.C2HF3O2/c1-17(33)30-21-7-5-18(6-8-21)16-32-13-11-22(12-14-32)31-25(34)24-10-9-23(35-24)19-3-2-4-20(15-19)26(27,28)29;3-2(4,5)1(6)7/h2-10,15,22H,11-14,16H2,1H3,(H,30,33)(H,31,34);(H,6,7). The Hall–Kier alpha value is -3.91. The van der Waals surface area contributed by atoms with Crippen LogP contribution >= 0.6 is 11.3 Å². The number of nitrogens with one attached hydrogen (secondary N) is 2. The highest BCUT2D eigenvalue weighted by atomic mass is 32.1. The van der Waals surface area contributed by atoms with Gasteiger partial charge in [-0.25, -0.2) is 4.79 Å². The van der Waals surface area contributed by atoms with Gasteiger partial charge < -0.3 is 15.7 Å². The summed E-state index contributed by atoms with van der Waals surface area (Å²) < 4.78 is 70.8. The van der Waals surface area contributed by atoms with Crippen LogP contribution in [0.4, 0.5) is 32.0 Å². The fourth-order valence-corrected chi connectivity index (χ4v) is 5.02. The summed E-state index contributed by atoms with van der Waals surface area (Å²) in [5.41, 5.74) is 1.67. The molecule has 2 amide bonds. The molecule has 1 saturated heterocycles. The molecule has 0 atom stereocenters. The quantitative estimate of drug-likeness (QED) is 0.278. The number of hydrogen-bond donors (Lipinski definition) is 3. The SMILES string of the molecule is CC(=O)Nc1ccc(CN2CCC(NC(=O)c3ccc(-c4cccc(C(F)(F)F)c4)s3)CC2)cc1.O=C(O)C(F)(F)F. The Bertz CT molecular complexity index is 1380. The fourth-order valence-electron chi connectivity index (χ4n) is 4.11. The summed E-state index contributed by atoms with van der Waals surface area (Å²) in [6.07, 6.45) is -7.85. The van der Waals surface area contributed by atoms with Crippen molar-refractivity contribution in [1.29, 1.82) is 0 Å². The molecule has 2 aromatic carbocycles. The van der Waals surface area contributed by atoms with E-state index in [1.807, 2.05) is 24.3 Å². The molecule has 2 heterocycles. The maximum absolute atomic E-state index is 13.0. The van der Waals surface area contributed by atoms with Crippen molar-refractivity contribution >= 4 is 34.8 Å². The number of halogens is 6. The maximum atomic E-state index is 13.0. The number of benzene rings is 2. The molecule has 0 spiro atoms. The van der Waals surface area contributed by atoms with E-state index in [2.05, 4.69) is 15.5 Å². The van der Waals surface area contributed by atoms with Crippen molar-refractivity contribution in [1.82, 2.24) is 10.2 Å². The number of carboxylic acid groups (broad SMARTS) is 1. The number of carbonyl (C=O) groups excluding carboxylic acids is 2. The van der Waals surface area contributed by atoms with Crippen LogP contribution in [-0.4, -0.2) is 53.1 Å². The molecule has 1 fully saturated rings. The van der Waals surface area contributed by atoms with Crippen molar-refractivity contribution < 1.29 is 45.8 Å². The second-order valence-corrected chi connectivity index (χ2v) is 10.5. The summed E-state index contributed by atoms with van der Waals surface area (Å²) in [7, 11) is 0. The van der Waals surface area contributed by atoms with Crippen molar-refractivity contribution in [3.05, 3.63) is 76.7 Å². The van der Waals surface area contributed by atoms with Crippen molar-refractivity contribution in [3.63, 3.8) is 0 Å². The van der Waals surface area contributed by atoms with Crippen LogP contribution in [0.2, 0.25) is 0 Å². The van der Waals surface area contributed by atoms with Crippen LogP contribution in [0.5, 0.6) is 0 Å². The first-order valence-electron chi connectivity index (χ1n) is 12.6. The van der Waals surface area contributed by atoms with Crippen LogP contribution in [0.15, 0.2) is 60.7 Å². The van der Waals surface area contributed by atoms with E-state index >= 15 is 0 Å². The second-order valence-electron chi connectivity index (χ2n) is 9.45. The van der Waals surface area contributed by atoms with Crippen LogP contribution in [0.25, 0.3) is 10.4 Å². The number of rotatable bonds is 6. The number of aliphatic carboxylic acids is 1. The number of hydrogen-bond acceptors (Lipinski definition) is 5. The first-order chi connectivity index (χ1) is 19.6. The van der Waals surface area contributed by atoms with E-state index in [1.165, 1.54) is 24.3 Å². The molecule has 1 aliphatic rings. The summed E-state index contributed by atoms with van der Waals surface area (Å²) >= 11 is 1.19. The average Bonchev–Trinajstić information content (AvgIpc) is 3.41. The first kappa shape index (κ1) is 32.6. The van der Waals surface area contributed by atoms with Gasteiger partial charge in [0.2, 0.25) is 5.91 Å². The molecule has 0 aliphatic carbocycles. The smallest absolute Gasteiger partial charge is 0.475 e. The number of carbonyl (C=O) groups is 3. The largest absolute Gasteiger partial charge is 0.490 e. The highest BCUT2D eigenvalue weighted by molar-refractivity contribution is 7.17. The van der Waals surface area contributed by atoms with Gasteiger partial charge in [0.15, 0.2) is 0 Å². The number of nitrogens with zero attached hydrogens (tertiary/aromatic N) is 1. The molecule has 1 aromatic heterocycles. The van der Waals surface area contributed by atoms with Gasteiger partial charge in [0, 0.05) is 43.2 Å². The normalized spacial score (nSPS) is 14.5. The molecular weight excluding hydrogens is 588 g/mol. The van der Waals surface area contributed by atoms with Crippen LogP contribution in [0, 0.1) is 0 Å². The van der Waals surface area contributed by atoms with Crippen molar-refractivity contribution in [3.8, 4) is 10.4 Å². The molecule has 3 aromatic rings. The van der Waals surface area contributed by atoms with Gasteiger partial charge in [0.25, 0.3) is 5.91 Å². The van der Waals surface area contributed by atoms with Gasteiger partial charge in [0.05, 0.1) is 10.4 Å². The van der Waals surface area contributed by atoms with Gasteiger partial charge in [-0.1, -0.05) is 24.3 Å². The number of thiophene rings is 1. The van der Waals surface area contributed by atoms with Gasteiger partial charge in [-0.15, -0.1) is 11.3 Å². The Morgan fingerprint density at radius 2 is 1.57 bits per heavy atom. The van der Waals surface area contributed by atoms with E-state index in [0.717, 1.165) is 55.9 Å². The van der Waals surface area contributed by atoms with Gasteiger partial charge >= 0.3 is 18.3 Å². The zero-order valence-corrected chi connectivity index (χ0v) is 23.0. The number of amides is 2. The van der Waals surface area contributed by atoms with E-state index < -0.39 is 23.9 Å². The third kappa shape index (κ3) is 9.87. The molecule has 42 heavy (non-hydrogen) atoms. The van der Waals surface area contributed by atoms with Gasteiger partial charge in [-0.05, 0) is 60.4 Å². The molecule has 4 rings (SSSR count). The summed E-state index contributed by atoms with van der Waals surface area (Å²) in [5, 5.41) is 13.0. The molecule has 0 radical (unpaired) electrons. The highest BCUT2D eigenvalue weighted by Gasteiger charge is 2.38. The summed E-state index contributed by atoms with van der Waals surface area (Å²) in [4.78, 5) is 36.2. The first-order valence-corrected chi connectivity index (χ1v) is 13.4. The topological polar surface area (TPSA) is 98.7 Å². The molecule has 0 bridgehead atoms. The molecule has 0 unspecified atom stereocenters. The minimum absolute atomic E-state index is 0.0556. The average molecular weight is 616 g/mol. The monoisotopic (exact) mass is 615 g/mol. The van der Waals surface area contributed by atoms with E-state index in [4.69, 9.17) is 9.90 Å². The van der Waals surface area contributed by atoms with Gasteiger partial charge in [-0.3, -0.25) is 14.5 Å². The lowest BCUT2D eigenvalue weighted by atomic mass is 10.0. The summed E-state index contributed by atoms with van der Waals surface area (Å²) in [6, 6.07) is 16.3. The Balaban J connectivity index is 0.000000616. The summed E-state index contributed by atoms with van der Waals surface area (Å²) in [6.45, 7) is 3.97. The highest BCUT2D eigenvalue weighted by Crippen LogP contribution is 2.34. The zero-order chi connectivity index (χ0) is 31.1. The predicted octanol–water partition coefficient (Wildman–Crippen LogP) is 6.42. The van der Waals surface area contributed by atoms with E-state index in [0.29, 0.717) is 15.3 Å². The zero-order valence-electron chi connectivity index (χ0n) is 22.2. The number of piperidine rings is 1. The third-order valence-electron chi connectivity index (χ3n) is 6.15. The van der Waals surface area contributed by atoms with Crippen LogP contribution in [0.3, 0.4) is 0 Å². The Morgan fingerprint density at radius 3 is 2.12 bits per heavy atom. The molecule has 7 nitrogen and oxygen atoms in total. The van der Waals surface area contributed by atoms with Crippen LogP contribution < -0.4 is 10.6 Å². The lowest BCUT2D eigenvalue weighted by Gasteiger charge is -2.32. The van der Waals surface area contributed by atoms with Crippen LogP contribution in [-0.2, 0) is 22.3 Å². The Labute approximate surface area is 241 Å². The summed E-state index contributed by atoms with van der Waals surface area (Å²) in [5.74, 6) is -3.05. The lowest BCUT2D eigenvalue weighted by molar-refractivity contribution is -0.192. The van der Waals surface area contributed by atoms with Crippen LogP contribution in [0.1, 0.15) is 40.6 Å². The Morgan fingerprint density at radius 1 is 0.952 bits per heavy atom. The fraction of sp³-hybridized carbons (Fsp3) is 0.321. The van der Waals surface area contributed by atoms with E-state index in [9.17, 15) is 35.9 Å². The minimum Gasteiger partial charge on any atom is -0.475 e. The lowest BCUT2D eigenvalue weighted by Crippen LogP contribution is -2.44. The van der Waals surface area contributed by atoms with Crippen molar-refractivity contribution in [2.75, 3.05) is 18.4 Å². The molecular formula is C28H27F6N3O4S.